The number of β-amino-alcohol motifs (C(OH)–C–C–N with tert-alkyl or cyclic N) is 1. The molecule has 1 amide bonds. The predicted molar refractivity (Wildman–Crippen MR) is 116 cm³/mol. The van der Waals surface area contributed by atoms with Crippen molar-refractivity contribution in [1.82, 2.24) is 9.80 Å². The van der Waals surface area contributed by atoms with Crippen molar-refractivity contribution >= 4 is 17.8 Å². The number of hydrogen-bond acceptors (Lipinski definition) is 5. The number of carboxylic acids is 2. The van der Waals surface area contributed by atoms with Crippen molar-refractivity contribution in [3.63, 3.8) is 0 Å². The first-order valence-electron chi connectivity index (χ1n) is 11.0. The molecular weight excluding hydrogens is 457 g/mol. The summed E-state index contributed by atoms with van der Waals surface area (Å²) in [5.41, 5.74) is -0.0962. The summed E-state index contributed by atoms with van der Waals surface area (Å²) >= 11 is 0. The van der Waals surface area contributed by atoms with Gasteiger partial charge in [0.05, 0.1) is 18.1 Å². The van der Waals surface area contributed by atoms with E-state index in [4.69, 9.17) is 10.2 Å². The van der Waals surface area contributed by atoms with Gasteiger partial charge in [-0.1, -0.05) is 12.1 Å². The molecule has 11 heteroatoms. The van der Waals surface area contributed by atoms with Crippen LogP contribution in [-0.2, 0) is 27.0 Å². The number of carboxylic acid groups (broad SMARTS) is 2. The molecule has 0 aliphatic carbocycles. The van der Waals surface area contributed by atoms with Gasteiger partial charge in [-0.05, 0) is 43.4 Å². The summed E-state index contributed by atoms with van der Waals surface area (Å²) in [5.74, 6) is -2.55. The molecule has 8 nitrogen and oxygen atoms in total. The highest BCUT2D eigenvalue weighted by molar-refractivity contribution is 5.89. The predicted octanol–water partition coefficient (Wildman–Crippen LogP) is 2.41. The molecule has 0 aromatic heterocycles. The number of benzene rings is 1. The van der Waals surface area contributed by atoms with Crippen LogP contribution in [0.2, 0.25) is 0 Å². The normalized spacial score (nSPS) is 21.2. The van der Waals surface area contributed by atoms with Crippen LogP contribution in [0.1, 0.15) is 36.8 Å². The van der Waals surface area contributed by atoms with E-state index in [2.05, 4.69) is 4.90 Å². The van der Waals surface area contributed by atoms with Crippen molar-refractivity contribution in [3.8, 4) is 0 Å². The number of aliphatic hydroxyl groups excluding tert-OH is 1. The third-order valence-electron chi connectivity index (χ3n) is 5.67. The summed E-state index contributed by atoms with van der Waals surface area (Å²) in [6.07, 6.45) is 0.332. The Hall–Kier alpha value is -2.92. The first-order chi connectivity index (χ1) is 16.0. The van der Waals surface area contributed by atoms with Gasteiger partial charge >= 0.3 is 18.1 Å². The van der Waals surface area contributed by atoms with Gasteiger partial charge in [0, 0.05) is 44.4 Å². The van der Waals surface area contributed by atoms with E-state index in [1.807, 2.05) is 4.90 Å². The number of alkyl halides is 3. The Morgan fingerprint density at radius 2 is 1.59 bits per heavy atom. The lowest BCUT2D eigenvalue weighted by molar-refractivity contribution is -0.137. The zero-order chi connectivity index (χ0) is 25.3. The minimum atomic E-state index is -4.36. The van der Waals surface area contributed by atoms with Gasteiger partial charge in [-0.3, -0.25) is 9.69 Å². The van der Waals surface area contributed by atoms with E-state index in [9.17, 15) is 32.7 Å². The smallest absolute Gasteiger partial charge is 0.416 e. The molecule has 34 heavy (non-hydrogen) atoms. The van der Waals surface area contributed by atoms with Gasteiger partial charge in [0.2, 0.25) is 5.91 Å². The summed E-state index contributed by atoms with van der Waals surface area (Å²) in [7, 11) is 0. The highest BCUT2D eigenvalue weighted by Crippen LogP contribution is 2.29. The lowest BCUT2D eigenvalue weighted by Gasteiger charge is -2.38. The molecule has 2 aliphatic heterocycles. The highest BCUT2D eigenvalue weighted by atomic mass is 19.4. The largest absolute Gasteiger partial charge is 0.478 e. The van der Waals surface area contributed by atoms with E-state index in [0.717, 1.165) is 50.9 Å². The minimum absolute atomic E-state index is 0.0331. The molecule has 0 saturated carbocycles. The van der Waals surface area contributed by atoms with Crippen molar-refractivity contribution in [2.75, 3.05) is 26.2 Å². The summed E-state index contributed by atoms with van der Waals surface area (Å²) in [6, 6.07) is 4.95. The van der Waals surface area contributed by atoms with Crippen molar-refractivity contribution < 1.29 is 42.9 Å². The van der Waals surface area contributed by atoms with Gasteiger partial charge in [-0.25, -0.2) is 9.59 Å². The Kier molecular flexibility index (Phi) is 10.1. The third kappa shape index (κ3) is 9.14. The first-order valence-corrected chi connectivity index (χ1v) is 11.0. The molecule has 3 rings (SSSR count). The molecule has 1 aromatic carbocycles. The van der Waals surface area contributed by atoms with Crippen LogP contribution in [0.4, 0.5) is 13.2 Å². The molecule has 2 fully saturated rings. The van der Waals surface area contributed by atoms with E-state index in [0.29, 0.717) is 30.8 Å². The maximum atomic E-state index is 12.7. The molecule has 3 N–H and O–H groups in total. The van der Waals surface area contributed by atoms with Crippen LogP contribution in [0.3, 0.4) is 0 Å². The molecule has 188 valence electrons. The minimum Gasteiger partial charge on any atom is -0.478 e. The van der Waals surface area contributed by atoms with Crippen LogP contribution in [-0.4, -0.2) is 81.3 Å². The average Bonchev–Trinajstić information content (AvgIpc) is 3.17. The zero-order valence-electron chi connectivity index (χ0n) is 18.6. The van der Waals surface area contributed by atoms with Crippen molar-refractivity contribution in [2.24, 2.45) is 0 Å². The quantitative estimate of drug-likeness (QED) is 0.529. The number of carbonyl (C=O) groups is 3. The average molecular weight is 486 g/mol. The molecule has 1 aromatic rings. The SMILES string of the molecule is O=C(Cc1ccc(C(F)(F)F)cc1)N1CCCCC1CN1CCC(O)C1.O=C(O)/C=C/C(=O)O. The highest BCUT2D eigenvalue weighted by Gasteiger charge is 2.32. The van der Waals surface area contributed by atoms with Gasteiger partial charge in [0.25, 0.3) is 0 Å². The van der Waals surface area contributed by atoms with E-state index in [1.165, 1.54) is 12.1 Å². The second-order valence-electron chi connectivity index (χ2n) is 8.32. The van der Waals surface area contributed by atoms with Crippen LogP contribution >= 0.6 is 0 Å². The Morgan fingerprint density at radius 1 is 0.971 bits per heavy atom. The van der Waals surface area contributed by atoms with Crippen LogP contribution < -0.4 is 0 Å². The third-order valence-corrected chi connectivity index (χ3v) is 5.67. The maximum Gasteiger partial charge on any atom is 0.416 e. The number of nitrogens with zero attached hydrogens (tertiary/aromatic N) is 2. The molecule has 2 atom stereocenters. The lowest BCUT2D eigenvalue weighted by Crippen LogP contribution is -2.49. The number of piperidine rings is 1. The van der Waals surface area contributed by atoms with Gasteiger partial charge in [0.15, 0.2) is 0 Å². The number of carbonyl (C=O) groups excluding carboxylic acids is 1. The number of aliphatic carboxylic acids is 2. The van der Waals surface area contributed by atoms with Crippen LogP contribution in [0.15, 0.2) is 36.4 Å². The van der Waals surface area contributed by atoms with Gasteiger partial charge in [-0.2, -0.15) is 13.2 Å². The van der Waals surface area contributed by atoms with Gasteiger partial charge in [-0.15, -0.1) is 0 Å². The van der Waals surface area contributed by atoms with E-state index in [-0.39, 0.29) is 24.5 Å². The first kappa shape index (κ1) is 27.3. The topological polar surface area (TPSA) is 118 Å². The fourth-order valence-electron chi connectivity index (χ4n) is 4.03. The van der Waals surface area contributed by atoms with Crippen LogP contribution in [0.25, 0.3) is 0 Å². The second kappa shape index (κ2) is 12.5. The molecule has 2 heterocycles. The molecular formula is C23H29F3N2O6. The molecule has 0 spiro atoms. The van der Waals surface area contributed by atoms with Crippen molar-refractivity contribution in [3.05, 3.63) is 47.5 Å². The zero-order valence-corrected chi connectivity index (χ0v) is 18.6. The number of halogens is 3. The fraction of sp³-hybridized carbons (Fsp3) is 0.522. The van der Waals surface area contributed by atoms with Crippen LogP contribution in [0, 0.1) is 0 Å². The number of rotatable bonds is 6. The van der Waals surface area contributed by atoms with Crippen molar-refractivity contribution in [1.29, 1.82) is 0 Å². The molecule has 2 saturated heterocycles. The Balaban J connectivity index is 0.000000440. The molecule has 0 bridgehead atoms. The monoisotopic (exact) mass is 486 g/mol. The lowest BCUT2D eigenvalue weighted by atomic mass is 10.00. The van der Waals surface area contributed by atoms with E-state index >= 15 is 0 Å². The van der Waals surface area contributed by atoms with Gasteiger partial charge < -0.3 is 20.2 Å². The Labute approximate surface area is 195 Å². The molecule has 2 unspecified atom stereocenters. The van der Waals surface area contributed by atoms with Gasteiger partial charge in [0.1, 0.15) is 0 Å². The number of likely N-dealkylation sites (tertiary alicyclic amines) is 2. The summed E-state index contributed by atoms with van der Waals surface area (Å²) in [5, 5.41) is 25.3. The number of aliphatic hydroxyl groups is 1. The van der Waals surface area contributed by atoms with Crippen molar-refractivity contribution in [2.45, 2.75) is 50.4 Å². The molecule has 0 radical (unpaired) electrons. The Bertz CT molecular complexity index is 856. The number of amides is 1. The summed E-state index contributed by atoms with van der Waals surface area (Å²) in [6.45, 7) is 2.95. The van der Waals surface area contributed by atoms with Crippen LogP contribution in [0.5, 0.6) is 0 Å². The second-order valence-corrected chi connectivity index (χ2v) is 8.32. The fourth-order valence-corrected chi connectivity index (χ4v) is 4.03. The van der Waals surface area contributed by atoms with E-state index in [1.54, 1.807) is 0 Å². The Morgan fingerprint density at radius 3 is 2.09 bits per heavy atom. The maximum absolute atomic E-state index is 12.7. The molecule has 2 aliphatic rings. The number of hydrogen-bond donors (Lipinski definition) is 3. The summed E-state index contributed by atoms with van der Waals surface area (Å²) in [4.78, 5) is 35.9. The standard InChI is InChI=1S/C19H25F3N2O2.C4H4O4/c20-19(21,22)15-6-4-14(5-7-15)11-18(26)24-9-2-1-3-16(24)12-23-10-8-17(25)13-23;5-3(6)1-2-4(7)8/h4-7,16-17,25H,1-3,8-13H2;1-2H,(H,5,6)(H,7,8)/b;2-1+. The summed E-state index contributed by atoms with van der Waals surface area (Å²) < 4.78 is 37.9. The van der Waals surface area contributed by atoms with E-state index < -0.39 is 23.7 Å².